The Hall–Kier alpha value is -2.35. The molecule has 1 aromatic heterocycles. The Morgan fingerprint density at radius 1 is 0.605 bits per heavy atom. The van der Waals surface area contributed by atoms with Crippen molar-refractivity contribution >= 4 is 0 Å². The van der Waals surface area contributed by atoms with E-state index in [1.807, 2.05) is 0 Å². The number of aromatic amines is 1. The average molecular weight is 586 g/mol. The summed E-state index contributed by atoms with van der Waals surface area (Å²) in [5, 5.41) is 0. The molecule has 0 aliphatic rings. The smallest absolute Gasteiger partial charge is 0.247 e. The van der Waals surface area contributed by atoms with E-state index in [9.17, 15) is 0 Å². The summed E-state index contributed by atoms with van der Waals surface area (Å²) in [6.45, 7) is 8.18. The number of nitrogens with zero attached hydrogens (tertiary/aromatic N) is 1. The van der Waals surface area contributed by atoms with Gasteiger partial charge < -0.3 is 0 Å². The van der Waals surface area contributed by atoms with Crippen molar-refractivity contribution in [3.63, 3.8) is 0 Å². The van der Waals surface area contributed by atoms with Crippen molar-refractivity contribution in [2.75, 3.05) is 0 Å². The summed E-state index contributed by atoms with van der Waals surface area (Å²) in [4.78, 5) is 3.72. The van der Waals surface area contributed by atoms with Crippen LogP contribution in [0.4, 0.5) is 0 Å². The summed E-state index contributed by atoms with van der Waals surface area (Å²) < 4.78 is 2.49. The molecule has 0 aliphatic heterocycles. The number of hydrogen-bond donors (Lipinski definition) is 1. The molecule has 1 N–H and O–H groups in total. The lowest BCUT2D eigenvalue weighted by Gasteiger charge is -2.37. The number of nitrogens with one attached hydrogen (secondary N) is 1. The number of H-pyrrole nitrogens is 1. The fourth-order valence-electron chi connectivity index (χ4n) is 7.21. The molecule has 0 fully saturated rings. The van der Waals surface area contributed by atoms with Crippen molar-refractivity contribution < 1.29 is 4.57 Å². The van der Waals surface area contributed by atoms with E-state index in [1.165, 1.54) is 133 Å². The number of rotatable bonds is 25. The van der Waals surface area contributed by atoms with Gasteiger partial charge >= 0.3 is 0 Å². The van der Waals surface area contributed by atoms with Gasteiger partial charge in [0.25, 0.3) is 5.82 Å². The molecule has 2 unspecified atom stereocenters. The molecule has 2 nitrogen and oxygen atoms in total. The molecule has 0 aliphatic carbocycles. The van der Waals surface area contributed by atoms with Gasteiger partial charge in [-0.3, -0.25) is 0 Å². The molecule has 2 aromatic carbocycles. The fourth-order valence-corrected chi connectivity index (χ4v) is 7.21. The van der Waals surface area contributed by atoms with Crippen molar-refractivity contribution in [1.29, 1.82) is 0 Å². The van der Waals surface area contributed by atoms with Gasteiger partial charge in [-0.05, 0) is 30.4 Å². The SMILES string of the molecule is CCCCCCCCCCCCCCCCCCCC(c1[nH]cc[n+]1CCC)C(C)(Cc1ccccc1)c1ccccc1. The second kappa shape index (κ2) is 21.4. The minimum atomic E-state index is 0.0119. The average Bonchev–Trinajstić information content (AvgIpc) is 3.49. The maximum absolute atomic E-state index is 3.72. The van der Waals surface area contributed by atoms with Crippen LogP contribution < -0.4 is 4.57 Å². The Morgan fingerprint density at radius 2 is 1.09 bits per heavy atom. The van der Waals surface area contributed by atoms with Crippen LogP contribution in [0.15, 0.2) is 73.1 Å². The third kappa shape index (κ3) is 12.7. The first-order valence-corrected chi connectivity index (χ1v) is 18.3. The predicted octanol–water partition coefficient (Wildman–Crippen LogP) is 12.0. The first-order valence-electron chi connectivity index (χ1n) is 18.3. The molecule has 0 amide bonds. The minimum absolute atomic E-state index is 0.0119. The summed E-state index contributed by atoms with van der Waals surface area (Å²) in [6.07, 6.45) is 32.0. The molecule has 3 rings (SSSR count). The van der Waals surface area contributed by atoms with Crippen molar-refractivity contribution in [3.05, 3.63) is 90.0 Å². The molecule has 0 spiro atoms. The highest BCUT2D eigenvalue weighted by Gasteiger charge is 2.41. The number of unbranched alkanes of at least 4 members (excludes halogenated alkanes) is 16. The quantitative estimate of drug-likeness (QED) is 0.0753. The van der Waals surface area contributed by atoms with Crippen LogP contribution in [0.1, 0.15) is 166 Å². The van der Waals surface area contributed by atoms with Gasteiger partial charge in [0, 0.05) is 5.41 Å². The van der Waals surface area contributed by atoms with E-state index in [0.717, 1.165) is 19.4 Å². The lowest BCUT2D eigenvalue weighted by Crippen LogP contribution is -2.43. The lowest BCUT2D eigenvalue weighted by molar-refractivity contribution is -0.704. The summed E-state index contributed by atoms with van der Waals surface area (Å²) in [6, 6.07) is 22.5. The first-order chi connectivity index (χ1) is 21.2. The van der Waals surface area contributed by atoms with Gasteiger partial charge in [-0.25, -0.2) is 9.55 Å². The van der Waals surface area contributed by atoms with E-state index in [0.29, 0.717) is 5.92 Å². The third-order valence-electron chi connectivity index (χ3n) is 9.80. The van der Waals surface area contributed by atoms with Gasteiger partial charge in [-0.15, -0.1) is 0 Å². The Morgan fingerprint density at radius 3 is 1.60 bits per heavy atom. The number of imidazole rings is 1. The molecule has 0 saturated carbocycles. The molecule has 3 aromatic rings. The first kappa shape index (κ1) is 35.1. The zero-order chi connectivity index (χ0) is 30.4. The maximum atomic E-state index is 3.72. The van der Waals surface area contributed by atoms with Crippen LogP contribution in [0, 0.1) is 0 Å². The summed E-state index contributed by atoms with van der Waals surface area (Å²) >= 11 is 0. The molecule has 0 saturated heterocycles. The lowest BCUT2D eigenvalue weighted by atomic mass is 9.66. The van der Waals surface area contributed by atoms with Crippen molar-refractivity contribution in [3.8, 4) is 0 Å². The third-order valence-corrected chi connectivity index (χ3v) is 9.80. The summed E-state index contributed by atoms with van der Waals surface area (Å²) in [5.74, 6) is 1.84. The number of aromatic nitrogens is 2. The fraction of sp³-hybridized carbons (Fsp3) is 0.634. The molecule has 43 heavy (non-hydrogen) atoms. The molecule has 0 bridgehead atoms. The van der Waals surface area contributed by atoms with E-state index in [-0.39, 0.29) is 5.41 Å². The van der Waals surface area contributed by atoms with E-state index >= 15 is 0 Å². The van der Waals surface area contributed by atoms with Gasteiger partial charge in [0.2, 0.25) is 0 Å². The molecule has 0 radical (unpaired) electrons. The molecular weight excluding hydrogens is 520 g/mol. The minimum Gasteiger partial charge on any atom is -0.247 e. The van der Waals surface area contributed by atoms with Crippen LogP contribution in [-0.4, -0.2) is 4.98 Å². The van der Waals surface area contributed by atoms with E-state index < -0.39 is 0 Å². The zero-order valence-corrected chi connectivity index (χ0v) is 28.3. The molecular formula is C41H65N2+. The van der Waals surface area contributed by atoms with Gasteiger partial charge in [0.15, 0.2) is 0 Å². The highest BCUT2D eigenvalue weighted by molar-refractivity contribution is 5.32. The van der Waals surface area contributed by atoms with Crippen LogP contribution in [-0.2, 0) is 18.4 Å². The Kier molecular flexibility index (Phi) is 17.5. The molecule has 2 atom stereocenters. The van der Waals surface area contributed by atoms with Gasteiger partial charge in [0.05, 0.1) is 12.5 Å². The van der Waals surface area contributed by atoms with E-state index in [4.69, 9.17) is 0 Å². The molecule has 238 valence electrons. The molecule has 1 heterocycles. The standard InChI is InChI=1S/C41H64N2/c1-4-6-7-8-9-10-11-12-13-14-15-16-17-18-19-20-27-32-39(40-42-33-35-43(40)34-5-2)41(3,38-30-25-22-26-31-38)36-37-28-23-21-24-29-37/h21-26,28-31,33,35,39H,4-20,27,32,34,36H2,1-3H3/p+1. The predicted molar refractivity (Wildman–Crippen MR) is 187 cm³/mol. The normalized spacial score (nSPS) is 13.7. The largest absolute Gasteiger partial charge is 0.258 e. The van der Waals surface area contributed by atoms with Crippen LogP contribution in [0.25, 0.3) is 0 Å². The zero-order valence-electron chi connectivity index (χ0n) is 28.3. The van der Waals surface area contributed by atoms with Crippen LogP contribution >= 0.6 is 0 Å². The Bertz CT molecular complexity index is 1060. The van der Waals surface area contributed by atoms with Gasteiger partial charge in [0.1, 0.15) is 12.4 Å². The van der Waals surface area contributed by atoms with E-state index in [1.54, 1.807) is 0 Å². The van der Waals surface area contributed by atoms with E-state index in [2.05, 4.69) is 103 Å². The Labute approximate surface area is 266 Å². The number of benzene rings is 2. The Balaban J connectivity index is 1.46. The number of hydrogen-bond acceptors (Lipinski definition) is 0. The summed E-state index contributed by atoms with van der Waals surface area (Å²) in [5.41, 5.74) is 2.89. The van der Waals surface area contributed by atoms with Crippen molar-refractivity contribution in [1.82, 2.24) is 4.98 Å². The topological polar surface area (TPSA) is 19.7 Å². The van der Waals surface area contributed by atoms with Gasteiger partial charge in [-0.1, -0.05) is 191 Å². The highest BCUT2D eigenvalue weighted by atomic mass is 15.1. The highest BCUT2D eigenvalue weighted by Crippen LogP contribution is 2.43. The van der Waals surface area contributed by atoms with Crippen LogP contribution in [0.5, 0.6) is 0 Å². The maximum Gasteiger partial charge on any atom is 0.258 e. The van der Waals surface area contributed by atoms with Crippen molar-refractivity contribution in [2.45, 2.75) is 167 Å². The summed E-state index contributed by atoms with van der Waals surface area (Å²) in [7, 11) is 0. The van der Waals surface area contributed by atoms with Crippen LogP contribution in [0.2, 0.25) is 0 Å². The molecule has 2 heteroatoms. The van der Waals surface area contributed by atoms with Crippen LogP contribution in [0.3, 0.4) is 0 Å². The second-order valence-electron chi connectivity index (χ2n) is 13.5. The number of aryl methyl sites for hydroxylation is 1. The van der Waals surface area contributed by atoms with Crippen molar-refractivity contribution in [2.24, 2.45) is 0 Å². The second-order valence-corrected chi connectivity index (χ2v) is 13.5. The van der Waals surface area contributed by atoms with Gasteiger partial charge in [-0.2, -0.15) is 0 Å². The monoisotopic (exact) mass is 586 g/mol.